The third-order valence-corrected chi connectivity index (χ3v) is 3.66. The molecule has 0 amide bonds. The summed E-state index contributed by atoms with van der Waals surface area (Å²) in [6.45, 7) is 3.49. The first kappa shape index (κ1) is 29.1. The van der Waals surface area contributed by atoms with Gasteiger partial charge in [0.25, 0.3) is 0 Å². The number of aliphatic carboxylic acids is 1. The average molecular weight is 347 g/mol. The Hall–Kier alpha value is 1.35. The van der Waals surface area contributed by atoms with Gasteiger partial charge < -0.3 is 16.6 Å². The van der Waals surface area contributed by atoms with E-state index >= 15 is 0 Å². The fraction of sp³-hybridized carbons (Fsp3) is 0.938. The smallest absolute Gasteiger partial charge is 0.317 e. The molecule has 0 aliphatic carbocycles. The predicted octanol–water partition coefficient (Wildman–Crippen LogP) is 1.78. The van der Waals surface area contributed by atoms with Crippen molar-refractivity contribution in [3.05, 3.63) is 0 Å². The summed E-state index contributed by atoms with van der Waals surface area (Å²) in [5.41, 5.74) is 11.1. The second-order valence-corrected chi connectivity index (χ2v) is 5.97. The van der Waals surface area contributed by atoms with Crippen LogP contribution in [0.5, 0.6) is 0 Å². The molecule has 0 rings (SSSR count). The van der Waals surface area contributed by atoms with Gasteiger partial charge in [-0.1, -0.05) is 64.7 Å². The molecule has 0 saturated carbocycles. The van der Waals surface area contributed by atoms with Crippen LogP contribution >= 0.6 is 0 Å². The number of hydrogen-bond acceptors (Lipinski definition) is 4. The summed E-state index contributed by atoms with van der Waals surface area (Å²) in [5.74, 6) is -0.817. The van der Waals surface area contributed by atoms with Crippen LogP contribution in [0.15, 0.2) is 0 Å². The molecule has 0 aliphatic heterocycles. The van der Waals surface area contributed by atoms with E-state index < -0.39 is 12.1 Å². The number of carboxylic acid groups (broad SMARTS) is 1. The third kappa shape index (κ3) is 23.4. The van der Waals surface area contributed by atoms with Crippen molar-refractivity contribution in [2.75, 3.05) is 19.6 Å². The van der Waals surface area contributed by atoms with E-state index in [1.54, 1.807) is 0 Å². The summed E-state index contributed by atoms with van der Waals surface area (Å²) in [5, 5.41) is 8.83. The van der Waals surface area contributed by atoms with Gasteiger partial charge >= 0.3 is 5.97 Å². The second-order valence-electron chi connectivity index (χ2n) is 5.97. The van der Waals surface area contributed by atoms with Crippen molar-refractivity contribution < 1.29 is 9.90 Å². The molecule has 23 heavy (non-hydrogen) atoms. The Balaban J connectivity index is -0.00000200. The van der Waals surface area contributed by atoms with Gasteiger partial charge in [-0.3, -0.25) is 9.69 Å². The molecule has 0 aromatic heterocycles. The Bertz CT molecular complexity index is 257. The first-order chi connectivity index (χ1) is 10.1. The SMILES string of the molecule is CCCCCCCCCCCCN(CC(=O)O)CC(N)N.[Na].[Na]. The van der Waals surface area contributed by atoms with Crippen LogP contribution in [-0.2, 0) is 4.79 Å². The number of hydrogen-bond donors (Lipinski definition) is 3. The van der Waals surface area contributed by atoms with Crippen molar-refractivity contribution in [1.82, 2.24) is 4.90 Å². The van der Waals surface area contributed by atoms with Gasteiger partial charge in [-0.25, -0.2) is 0 Å². The van der Waals surface area contributed by atoms with E-state index in [2.05, 4.69) is 6.92 Å². The fourth-order valence-corrected chi connectivity index (χ4v) is 2.55. The van der Waals surface area contributed by atoms with E-state index in [0.717, 1.165) is 19.4 Å². The summed E-state index contributed by atoms with van der Waals surface area (Å²) in [7, 11) is 0. The second kappa shape index (κ2) is 21.4. The van der Waals surface area contributed by atoms with Crippen molar-refractivity contribution >= 4 is 65.1 Å². The number of nitrogens with zero attached hydrogens (tertiary/aromatic N) is 1. The van der Waals surface area contributed by atoms with Gasteiger partial charge in [0, 0.05) is 65.7 Å². The van der Waals surface area contributed by atoms with Crippen LogP contribution in [0.2, 0.25) is 0 Å². The number of unbranched alkanes of at least 4 members (excludes halogenated alkanes) is 9. The topological polar surface area (TPSA) is 92.6 Å². The van der Waals surface area contributed by atoms with E-state index in [-0.39, 0.29) is 65.7 Å². The molecule has 0 saturated heterocycles. The van der Waals surface area contributed by atoms with Crippen LogP contribution in [0.4, 0.5) is 0 Å². The molecule has 0 spiro atoms. The maximum atomic E-state index is 10.8. The number of carboxylic acids is 1. The molecular formula is C16H35N3Na2O2. The van der Waals surface area contributed by atoms with Gasteiger partial charge in [0.05, 0.1) is 12.7 Å². The molecule has 0 aromatic carbocycles. The van der Waals surface area contributed by atoms with E-state index in [9.17, 15) is 4.79 Å². The van der Waals surface area contributed by atoms with Crippen LogP contribution in [0.1, 0.15) is 71.1 Å². The third-order valence-electron chi connectivity index (χ3n) is 3.66. The maximum Gasteiger partial charge on any atom is 0.317 e. The summed E-state index contributed by atoms with van der Waals surface area (Å²) in [4.78, 5) is 12.6. The molecule has 0 atom stereocenters. The minimum atomic E-state index is -0.817. The molecule has 7 heteroatoms. The molecule has 0 fully saturated rings. The van der Waals surface area contributed by atoms with E-state index in [1.165, 1.54) is 51.4 Å². The zero-order valence-corrected chi connectivity index (χ0v) is 19.7. The monoisotopic (exact) mass is 347 g/mol. The predicted molar refractivity (Wildman–Crippen MR) is 99.6 cm³/mol. The molecule has 128 valence electrons. The summed E-state index contributed by atoms with van der Waals surface area (Å²) in [6, 6.07) is 0. The molecule has 5 nitrogen and oxygen atoms in total. The molecule has 0 unspecified atom stereocenters. The molecule has 5 N–H and O–H groups in total. The Morgan fingerprint density at radius 1 is 0.913 bits per heavy atom. The van der Waals surface area contributed by atoms with Gasteiger partial charge in [0.15, 0.2) is 0 Å². The van der Waals surface area contributed by atoms with Crippen LogP contribution in [-0.4, -0.2) is 101 Å². The normalized spacial score (nSPS) is 10.5. The largest absolute Gasteiger partial charge is 0.480 e. The van der Waals surface area contributed by atoms with Crippen molar-refractivity contribution in [1.29, 1.82) is 0 Å². The Morgan fingerprint density at radius 2 is 1.35 bits per heavy atom. The van der Waals surface area contributed by atoms with E-state index in [1.807, 2.05) is 4.90 Å². The van der Waals surface area contributed by atoms with Gasteiger partial charge in [0.1, 0.15) is 0 Å². The summed E-state index contributed by atoms with van der Waals surface area (Å²) in [6.07, 6.45) is 12.3. The van der Waals surface area contributed by atoms with Crippen molar-refractivity contribution in [3.8, 4) is 0 Å². The Kier molecular flexibility index (Phi) is 27.1. The quantitative estimate of drug-likeness (QED) is 0.239. The van der Waals surface area contributed by atoms with Crippen molar-refractivity contribution in [2.45, 2.75) is 77.3 Å². The van der Waals surface area contributed by atoms with Gasteiger partial charge in [-0.15, -0.1) is 0 Å². The minimum absolute atomic E-state index is 0. The van der Waals surface area contributed by atoms with Gasteiger partial charge in [-0.05, 0) is 13.0 Å². The van der Waals surface area contributed by atoms with Crippen LogP contribution in [0.3, 0.4) is 0 Å². The van der Waals surface area contributed by atoms with Crippen molar-refractivity contribution in [3.63, 3.8) is 0 Å². The van der Waals surface area contributed by atoms with Crippen LogP contribution in [0.25, 0.3) is 0 Å². The number of carbonyl (C=O) groups is 1. The molecule has 2 radical (unpaired) electrons. The summed E-state index contributed by atoms with van der Waals surface area (Å²) < 4.78 is 0. The Labute approximate surface area is 186 Å². The first-order valence-corrected chi connectivity index (χ1v) is 8.51. The van der Waals surface area contributed by atoms with Crippen molar-refractivity contribution in [2.24, 2.45) is 11.5 Å². The summed E-state index contributed by atoms with van der Waals surface area (Å²) >= 11 is 0. The average Bonchev–Trinajstić information content (AvgIpc) is 2.39. The minimum Gasteiger partial charge on any atom is -0.480 e. The van der Waals surface area contributed by atoms with E-state index in [4.69, 9.17) is 16.6 Å². The van der Waals surface area contributed by atoms with Gasteiger partial charge in [-0.2, -0.15) is 0 Å². The fourth-order valence-electron chi connectivity index (χ4n) is 2.55. The molecule has 0 heterocycles. The van der Waals surface area contributed by atoms with Gasteiger partial charge in [0.2, 0.25) is 0 Å². The number of rotatable bonds is 15. The molecular weight excluding hydrogens is 312 g/mol. The zero-order chi connectivity index (χ0) is 15.9. The maximum absolute atomic E-state index is 10.8. The molecule has 0 aliphatic rings. The molecule has 0 bridgehead atoms. The zero-order valence-electron chi connectivity index (χ0n) is 15.7. The van der Waals surface area contributed by atoms with Crippen LogP contribution < -0.4 is 11.5 Å². The number of nitrogens with two attached hydrogens (primary N) is 2. The standard InChI is InChI=1S/C16H35N3O2.2Na/c1-2-3-4-5-6-7-8-9-10-11-12-19(13-15(17)18)14-16(20)21;;/h15H,2-14,17-18H2,1H3,(H,20,21);;. The first-order valence-electron chi connectivity index (χ1n) is 8.51. The van der Waals surface area contributed by atoms with E-state index in [0.29, 0.717) is 6.54 Å². The van der Waals surface area contributed by atoms with Crippen LogP contribution in [0, 0.1) is 0 Å². The molecule has 0 aromatic rings. The Morgan fingerprint density at radius 3 is 1.74 bits per heavy atom.